The lowest BCUT2D eigenvalue weighted by atomic mass is 10.2. The summed E-state index contributed by atoms with van der Waals surface area (Å²) in [6, 6.07) is 12.8. The first-order chi connectivity index (χ1) is 13.7. The monoisotopic (exact) mass is 527 g/mol. The van der Waals surface area contributed by atoms with Crippen LogP contribution >= 0.6 is 35.7 Å². The molecule has 1 aromatic heterocycles. The summed E-state index contributed by atoms with van der Waals surface area (Å²) in [5, 5.41) is 3.48. The highest BCUT2D eigenvalue weighted by atomic mass is 127. The third-order valence-corrected chi connectivity index (χ3v) is 5.51. The predicted molar refractivity (Wildman–Crippen MR) is 133 cm³/mol. The molecule has 6 nitrogen and oxygen atoms in total. The van der Waals surface area contributed by atoms with Crippen molar-refractivity contribution in [3.05, 3.63) is 53.7 Å². The maximum Gasteiger partial charge on any atom is 0.193 e. The molecule has 1 fully saturated rings. The number of nitrogens with zero attached hydrogens (tertiary/aromatic N) is 4. The summed E-state index contributed by atoms with van der Waals surface area (Å²) in [7, 11) is 3.88. The number of ether oxygens (including phenoxy) is 1. The number of guanidine groups is 1. The molecule has 1 aromatic carbocycles. The Bertz CT molecular complexity index is 781. The van der Waals surface area contributed by atoms with Crippen molar-refractivity contribution in [3.8, 4) is 0 Å². The van der Waals surface area contributed by atoms with E-state index in [0.717, 1.165) is 44.6 Å². The van der Waals surface area contributed by atoms with E-state index in [9.17, 15) is 0 Å². The summed E-state index contributed by atoms with van der Waals surface area (Å²) in [4.78, 5) is 14.8. The van der Waals surface area contributed by atoms with Crippen LogP contribution in [0.3, 0.4) is 0 Å². The SMILES string of the molecule is CN=C(NCc1cccnc1N1CCOCC1)N(C)Cc1ccc(SC)cc1.I. The molecule has 0 spiro atoms. The molecule has 1 aliphatic rings. The molecule has 3 rings (SSSR count). The van der Waals surface area contributed by atoms with Gasteiger partial charge in [-0.2, -0.15) is 0 Å². The highest BCUT2D eigenvalue weighted by molar-refractivity contribution is 14.0. The van der Waals surface area contributed by atoms with Crippen molar-refractivity contribution in [2.75, 3.05) is 51.6 Å². The van der Waals surface area contributed by atoms with E-state index in [0.29, 0.717) is 6.54 Å². The number of aromatic nitrogens is 1. The molecule has 0 amide bonds. The smallest absolute Gasteiger partial charge is 0.193 e. The van der Waals surface area contributed by atoms with Gasteiger partial charge in [0.25, 0.3) is 0 Å². The molecule has 0 bridgehead atoms. The Kier molecular flexibility index (Phi) is 10.0. The van der Waals surface area contributed by atoms with Gasteiger partial charge in [-0.15, -0.1) is 35.7 Å². The van der Waals surface area contributed by atoms with Crippen molar-refractivity contribution in [2.24, 2.45) is 4.99 Å². The summed E-state index contributed by atoms with van der Waals surface area (Å²) < 4.78 is 5.47. The molecular formula is C21H30IN5OS. The molecular weight excluding hydrogens is 497 g/mol. The Morgan fingerprint density at radius 1 is 1.24 bits per heavy atom. The van der Waals surface area contributed by atoms with Gasteiger partial charge in [0.15, 0.2) is 5.96 Å². The van der Waals surface area contributed by atoms with Gasteiger partial charge in [0, 0.05) is 56.9 Å². The first-order valence-corrected chi connectivity index (χ1v) is 10.7. The third kappa shape index (κ3) is 6.75. The van der Waals surface area contributed by atoms with E-state index in [1.807, 2.05) is 19.3 Å². The second-order valence-corrected chi connectivity index (χ2v) is 7.57. The van der Waals surface area contributed by atoms with E-state index in [1.165, 1.54) is 16.0 Å². The summed E-state index contributed by atoms with van der Waals surface area (Å²) in [6.45, 7) is 4.75. The molecule has 158 valence electrons. The fourth-order valence-corrected chi connectivity index (χ4v) is 3.68. The number of thioether (sulfide) groups is 1. The van der Waals surface area contributed by atoms with Crippen molar-refractivity contribution >= 4 is 47.5 Å². The zero-order chi connectivity index (χ0) is 19.8. The number of halogens is 1. The van der Waals surface area contributed by atoms with Crippen LogP contribution in [0.15, 0.2) is 52.5 Å². The maximum absolute atomic E-state index is 5.47. The molecule has 0 radical (unpaired) electrons. The van der Waals surface area contributed by atoms with Crippen LogP contribution in [-0.2, 0) is 17.8 Å². The fraction of sp³-hybridized carbons (Fsp3) is 0.429. The molecule has 1 aliphatic heterocycles. The van der Waals surface area contributed by atoms with Crippen molar-refractivity contribution in [2.45, 2.75) is 18.0 Å². The van der Waals surface area contributed by atoms with Gasteiger partial charge in [-0.25, -0.2) is 4.98 Å². The number of pyridine rings is 1. The second kappa shape index (κ2) is 12.2. The number of rotatable bonds is 6. The topological polar surface area (TPSA) is 53.0 Å². The Morgan fingerprint density at radius 3 is 2.62 bits per heavy atom. The molecule has 1 saturated heterocycles. The van der Waals surface area contributed by atoms with Crippen molar-refractivity contribution in [3.63, 3.8) is 0 Å². The lowest BCUT2D eigenvalue weighted by molar-refractivity contribution is 0.122. The zero-order valence-electron chi connectivity index (χ0n) is 17.3. The number of nitrogens with one attached hydrogen (secondary N) is 1. The molecule has 0 atom stereocenters. The Labute approximate surface area is 195 Å². The standard InChI is InChI=1S/C21H29N5OS.HI/c1-22-21(25(2)16-17-6-8-19(28-3)9-7-17)24-15-18-5-4-10-23-20(18)26-11-13-27-14-12-26;/h4-10H,11-16H2,1-3H3,(H,22,24);1H. The zero-order valence-corrected chi connectivity index (χ0v) is 20.4. The van der Waals surface area contributed by atoms with Gasteiger partial charge in [0.2, 0.25) is 0 Å². The van der Waals surface area contributed by atoms with E-state index >= 15 is 0 Å². The highest BCUT2D eigenvalue weighted by Gasteiger charge is 2.16. The van der Waals surface area contributed by atoms with Crippen molar-refractivity contribution in [1.29, 1.82) is 0 Å². The minimum atomic E-state index is 0. The first kappa shape index (κ1) is 23.8. The summed E-state index contributed by atoms with van der Waals surface area (Å²) in [6.07, 6.45) is 3.95. The molecule has 29 heavy (non-hydrogen) atoms. The van der Waals surface area contributed by atoms with E-state index in [-0.39, 0.29) is 24.0 Å². The fourth-order valence-electron chi connectivity index (χ4n) is 3.27. The molecule has 0 unspecified atom stereocenters. The van der Waals surface area contributed by atoms with Crippen LogP contribution in [0, 0.1) is 0 Å². The number of morpholine rings is 1. The van der Waals surface area contributed by atoms with Crippen molar-refractivity contribution < 1.29 is 4.74 Å². The summed E-state index contributed by atoms with van der Waals surface area (Å²) in [5.41, 5.74) is 2.43. The maximum atomic E-state index is 5.47. The highest BCUT2D eigenvalue weighted by Crippen LogP contribution is 2.19. The van der Waals surface area contributed by atoms with Gasteiger partial charge in [-0.05, 0) is 30.0 Å². The quantitative estimate of drug-likeness (QED) is 0.269. The van der Waals surface area contributed by atoms with Crippen LogP contribution in [-0.4, -0.2) is 62.5 Å². The summed E-state index contributed by atoms with van der Waals surface area (Å²) in [5.74, 6) is 1.90. The third-order valence-electron chi connectivity index (χ3n) is 4.77. The van der Waals surface area contributed by atoms with Crippen LogP contribution in [0.1, 0.15) is 11.1 Å². The summed E-state index contributed by atoms with van der Waals surface area (Å²) >= 11 is 1.76. The Morgan fingerprint density at radius 2 is 1.97 bits per heavy atom. The Hall–Kier alpha value is -1.52. The van der Waals surface area contributed by atoms with Crippen LogP contribution in [0.5, 0.6) is 0 Å². The van der Waals surface area contributed by atoms with Crippen LogP contribution in [0.4, 0.5) is 5.82 Å². The predicted octanol–water partition coefficient (Wildman–Crippen LogP) is 3.47. The minimum Gasteiger partial charge on any atom is -0.378 e. The van der Waals surface area contributed by atoms with E-state index in [4.69, 9.17) is 4.74 Å². The second-order valence-electron chi connectivity index (χ2n) is 6.69. The average molecular weight is 527 g/mol. The number of hydrogen-bond donors (Lipinski definition) is 1. The van der Waals surface area contributed by atoms with Crippen LogP contribution in [0.2, 0.25) is 0 Å². The van der Waals surface area contributed by atoms with Crippen LogP contribution < -0.4 is 10.2 Å². The Balaban J connectivity index is 0.00000300. The van der Waals surface area contributed by atoms with Crippen molar-refractivity contribution in [1.82, 2.24) is 15.2 Å². The molecule has 2 heterocycles. The largest absolute Gasteiger partial charge is 0.378 e. The van der Waals surface area contributed by atoms with Gasteiger partial charge in [-0.3, -0.25) is 4.99 Å². The lowest BCUT2D eigenvalue weighted by Gasteiger charge is -2.30. The molecule has 8 heteroatoms. The van der Waals surface area contributed by atoms with Gasteiger partial charge >= 0.3 is 0 Å². The molecule has 1 N–H and O–H groups in total. The number of anilines is 1. The van der Waals surface area contributed by atoms with Gasteiger partial charge < -0.3 is 19.9 Å². The molecule has 0 saturated carbocycles. The van der Waals surface area contributed by atoms with Gasteiger partial charge in [0.1, 0.15) is 5.82 Å². The van der Waals surface area contributed by atoms with E-state index in [1.54, 1.807) is 11.8 Å². The van der Waals surface area contributed by atoms with E-state index < -0.39 is 0 Å². The first-order valence-electron chi connectivity index (χ1n) is 9.52. The number of aliphatic imine (C=N–C) groups is 1. The van der Waals surface area contributed by atoms with Crippen LogP contribution in [0.25, 0.3) is 0 Å². The van der Waals surface area contributed by atoms with Gasteiger partial charge in [-0.1, -0.05) is 18.2 Å². The van der Waals surface area contributed by atoms with E-state index in [2.05, 4.69) is 68.7 Å². The minimum absolute atomic E-state index is 0. The normalized spacial score (nSPS) is 14.3. The lowest BCUT2D eigenvalue weighted by Crippen LogP contribution is -2.40. The van der Waals surface area contributed by atoms with Gasteiger partial charge in [0.05, 0.1) is 13.2 Å². The molecule has 0 aliphatic carbocycles. The average Bonchev–Trinajstić information content (AvgIpc) is 2.75. The molecule has 2 aromatic rings. The number of hydrogen-bond acceptors (Lipinski definition) is 5. The number of benzene rings is 1.